The topological polar surface area (TPSA) is 49.3 Å². The fraction of sp³-hybridized carbons (Fsp3) is 0.417. The molecule has 0 aliphatic heterocycles. The SMILES string of the molecule is CC(C)C(NCc1cccc(F)c1)C(=O)O. The van der Waals surface area contributed by atoms with Crippen molar-refractivity contribution in [3.63, 3.8) is 0 Å². The fourth-order valence-corrected chi connectivity index (χ4v) is 1.48. The summed E-state index contributed by atoms with van der Waals surface area (Å²) in [6, 6.07) is 5.52. The summed E-state index contributed by atoms with van der Waals surface area (Å²) in [6.45, 7) is 4.02. The van der Waals surface area contributed by atoms with Gasteiger partial charge in [-0.15, -0.1) is 0 Å². The summed E-state index contributed by atoms with van der Waals surface area (Å²) in [5, 5.41) is 11.8. The Labute approximate surface area is 94.3 Å². The maximum absolute atomic E-state index is 12.9. The van der Waals surface area contributed by atoms with Gasteiger partial charge in [0, 0.05) is 6.54 Å². The lowest BCUT2D eigenvalue weighted by Gasteiger charge is -2.17. The molecule has 16 heavy (non-hydrogen) atoms. The van der Waals surface area contributed by atoms with E-state index in [1.54, 1.807) is 12.1 Å². The molecule has 1 aromatic carbocycles. The molecule has 0 aliphatic rings. The van der Waals surface area contributed by atoms with Crippen LogP contribution in [0.15, 0.2) is 24.3 Å². The van der Waals surface area contributed by atoms with Crippen LogP contribution < -0.4 is 5.32 Å². The second kappa shape index (κ2) is 5.61. The maximum Gasteiger partial charge on any atom is 0.320 e. The number of benzene rings is 1. The molecule has 88 valence electrons. The van der Waals surface area contributed by atoms with E-state index in [2.05, 4.69) is 5.32 Å². The van der Waals surface area contributed by atoms with E-state index < -0.39 is 12.0 Å². The lowest BCUT2D eigenvalue weighted by atomic mass is 10.0. The zero-order valence-corrected chi connectivity index (χ0v) is 9.40. The van der Waals surface area contributed by atoms with Crippen LogP contribution in [0.25, 0.3) is 0 Å². The Kier molecular flexibility index (Phi) is 4.43. The van der Waals surface area contributed by atoms with Crippen LogP contribution in [0.3, 0.4) is 0 Å². The Hall–Kier alpha value is -1.42. The van der Waals surface area contributed by atoms with E-state index in [9.17, 15) is 9.18 Å². The Bertz CT molecular complexity index is 366. The average molecular weight is 225 g/mol. The smallest absolute Gasteiger partial charge is 0.320 e. The first-order valence-corrected chi connectivity index (χ1v) is 5.21. The molecule has 2 N–H and O–H groups in total. The number of carbonyl (C=O) groups is 1. The highest BCUT2D eigenvalue weighted by Crippen LogP contribution is 2.06. The summed E-state index contributed by atoms with van der Waals surface area (Å²) in [7, 11) is 0. The standard InChI is InChI=1S/C12H16FNO2/c1-8(2)11(12(15)16)14-7-9-4-3-5-10(13)6-9/h3-6,8,11,14H,7H2,1-2H3,(H,15,16). The van der Waals surface area contributed by atoms with Gasteiger partial charge in [0.25, 0.3) is 0 Å². The molecule has 0 aromatic heterocycles. The zero-order chi connectivity index (χ0) is 12.1. The first-order chi connectivity index (χ1) is 7.50. The van der Waals surface area contributed by atoms with Crippen LogP contribution in [0.2, 0.25) is 0 Å². The van der Waals surface area contributed by atoms with Crippen molar-refractivity contribution >= 4 is 5.97 Å². The van der Waals surface area contributed by atoms with E-state index in [4.69, 9.17) is 5.11 Å². The number of halogens is 1. The predicted octanol–water partition coefficient (Wildman–Crippen LogP) is 2.02. The third-order valence-electron chi connectivity index (χ3n) is 2.35. The molecule has 4 heteroatoms. The Balaban J connectivity index is 2.59. The average Bonchev–Trinajstić information content (AvgIpc) is 2.16. The Morgan fingerprint density at radius 2 is 2.19 bits per heavy atom. The van der Waals surface area contributed by atoms with Crippen LogP contribution in [0.1, 0.15) is 19.4 Å². The molecule has 0 amide bonds. The van der Waals surface area contributed by atoms with Gasteiger partial charge in [0.15, 0.2) is 0 Å². The van der Waals surface area contributed by atoms with Crippen molar-refractivity contribution in [1.29, 1.82) is 0 Å². The van der Waals surface area contributed by atoms with E-state index in [1.165, 1.54) is 12.1 Å². The molecule has 0 radical (unpaired) electrons. The van der Waals surface area contributed by atoms with Gasteiger partial charge in [-0.3, -0.25) is 4.79 Å². The molecule has 0 saturated carbocycles. The molecule has 0 aliphatic carbocycles. The minimum Gasteiger partial charge on any atom is -0.480 e. The first-order valence-electron chi connectivity index (χ1n) is 5.21. The zero-order valence-electron chi connectivity index (χ0n) is 9.40. The second-order valence-electron chi connectivity index (χ2n) is 4.07. The van der Waals surface area contributed by atoms with E-state index >= 15 is 0 Å². The molecule has 1 unspecified atom stereocenters. The van der Waals surface area contributed by atoms with Crippen molar-refractivity contribution in [3.8, 4) is 0 Å². The molecule has 3 nitrogen and oxygen atoms in total. The molecule has 0 spiro atoms. The van der Waals surface area contributed by atoms with E-state index in [0.717, 1.165) is 5.56 Å². The van der Waals surface area contributed by atoms with E-state index in [-0.39, 0.29) is 11.7 Å². The molecule has 1 aromatic rings. The molecule has 0 saturated heterocycles. The van der Waals surface area contributed by atoms with Gasteiger partial charge in [-0.05, 0) is 23.6 Å². The van der Waals surface area contributed by atoms with Gasteiger partial charge < -0.3 is 10.4 Å². The predicted molar refractivity (Wildman–Crippen MR) is 59.5 cm³/mol. The molecule has 0 bridgehead atoms. The van der Waals surface area contributed by atoms with Crippen LogP contribution in [0.4, 0.5) is 4.39 Å². The normalized spacial score (nSPS) is 12.8. The molecule has 1 rings (SSSR count). The summed E-state index contributed by atoms with van der Waals surface area (Å²) in [4.78, 5) is 10.9. The van der Waals surface area contributed by atoms with Crippen molar-refractivity contribution in [3.05, 3.63) is 35.6 Å². The molecular weight excluding hydrogens is 209 g/mol. The number of nitrogens with one attached hydrogen (secondary N) is 1. The molecule has 0 fully saturated rings. The van der Waals surface area contributed by atoms with Crippen molar-refractivity contribution in [2.75, 3.05) is 0 Å². The van der Waals surface area contributed by atoms with Crippen LogP contribution in [0.5, 0.6) is 0 Å². The van der Waals surface area contributed by atoms with Crippen molar-refractivity contribution in [2.24, 2.45) is 5.92 Å². The first kappa shape index (κ1) is 12.6. The number of hydrogen-bond donors (Lipinski definition) is 2. The van der Waals surface area contributed by atoms with Crippen molar-refractivity contribution in [2.45, 2.75) is 26.4 Å². The summed E-state index contributed by atoms with van der Waals surface area (Å²) in [5.41, 5.74) is 0.743. The quantitative estimate of drug-likeness (QED) is 0.806. The van der Waals surface area contributed by atoms with Gasteiger partial charge in [-0.25, -0.2) is 4.39 Å². The lowest BCUT2D eigenvalue weighted by molar-refractivity contribution is -0.140. The van der Waals surface area contributed by atoms with Crippen LogP contribution in [-0.2, 0) is 11.3 Å². The Morgan fingerprint density at radius 3 is 2.69 bits per heavy atom. The number of rotatable bonds is 5. The molecule has 0 heterocycles. The van der Waals surface area contributed by atoms with E-state index in [1.807, 2.05) is 13.8 Å². The number of carboxylic acids is 1. The summed E-state index contributed by atoms with van der Waals surface area (Å²) in [5.74, 6) is -1.20. The van der Waals surface area contributed by atoms with Gasteiger partial charge in [0.05, 0.1) is 0 Å². The third-order valence-corrected chi connectivity index (χ3v) is 2.35. The number of hydrogen-bond acceptors (Lipinski definition) is 2. The van der Waals surface area contributed by atoms with Crippen LogP contribution >= 0.6 is 0 Å². The minimum atomic E-state index is -0.883. The van der Waals surface area contributed by atoms with Crippen LogP contribution in [-0.4, -0.2) is 17.1 Å². The van der Waals surface area contributed by atoms with Gasteiger partial charge in [0.1, 0.15) is 11.9 Å². The van der Waals surface area contributed by atoms with Crippen molar-refractivity contribution < 1.29 is 14.3 Å². The lowest BCUT2D eigenvalue weighted by Crippen LogP contribution is -2.40. The van der Waals surface area contributed by atoms with E-state index in [0.29, 0.717) is 6.54 Å². The summed E-state index contributed by atoms with van der Waals surface area (Å²) in [6.07, 6.45) is 0. The monoisotopic (exact) mass is 225 g/mol. The summed E-state index contributed by atoms with van der Waals surface area (Å²) < 4.78 is 12.9. The van der Waals surface area contributed by atoms with Gasteiger partial charge in [0.2, 0.25) is 0 Å². The number of aliphatic carboxylic acids is 1. The van der Waals surface area contributed by atoms with Gasteiger partial charge >= 0.3 is 5.97 Å². The molecular formula is C12H16FNO2. The van der Waals surface area contributed by atoms with Crippen LogP contribution in [0, 0.1) is 11.7 Å². The van der Waals surface area contributed by atoms with Gasteiger partial charge in [-0.1, -0.05) is 26.0 Å². The minimum absolute atomic E-state index is 0.00828. The second-order valence-corrected chi connectivity index (χ2v) is 4.07. The largest absolute Gasteiger partial charge is 0.480 e. The summed E-state index contributed by atoms with van der Waals surface area (Å²) >= 11 is 0. The Morgan fingerprint density at radius 1 is 1.50 bits per heavy atom. The maximum atomic E-state index is 12.9. The third kappa shape index (κ3) is 3.62. The highest BCUT2D eigenvalue weighted by Gasteiger charge is 2.20. The highest BCUT2D eigenvalue weighted by molar-refractivity contribution is 5.73. The number of carboxylic acid groups (broad SMARTS) is 1. The van der Waals surface area contributed by atoms with Crippen molar-refractivity contribution in [1.82, 2.24) is 5.32 Å². The molecule has 1 atom stereocenters. The van der Waals surface area contributed by atoms with Gasteiger partial charge in [-0.2, -0.15) is 0 Å². The highest BCUT2D eigenvalue weighted by atomic mass is 19.1. The fourth-order valence-electron chi connectivity index (χ4n) is 1.48.